The minimum absolute atomic E-state index is 0.0321. The van der Waals surface area contributed by atoms with Crippen molar-refractivity contribution in [3.8, 4) is 0 Å². The number of unbranched alkanes of at least 4 members (excludes halogenated alkanes) is 1. The maximum atomic E-state index is 11.9. The van der Waals surface area contributed by atoms with Crippen LogP contribution >= 0.6 is 0 Å². The van der Waals surface area contributed by atoms with Gasteiger partial charge in [0.25, 0.3) is 0 Å². The lowest BCUT2D eigenvalue weighted by molar-refractivity contribution is 0.232. The van der Waals surface area contributed by atoms with Crippen molar-refractivity contribution in [2.45, 2.75) is 71.4 Å². The third-order valence-electron chi connectivity index (χ3n) is 5.32. The summed E-state index contributed by atoms with van der Waals surface area (Å²) in [5.74, 6) is 0.489. The molecule has 0 aliphatic heterocycles. The number of carbonyl (C=O) groups excluding carboxylic acids is 1. The second-order valence-corrected chi connectivity index (χ2v) is 7.28. The second-order valence-electron chi connectivity index (χ2n) is 7.28. The fraction of sp³-hybridized carbons (Fsp3) is 0.632. The predicted octanol–water partition coefficient (Wildman–Crippen LogP) is 3.04. The minimum Gasteiger partial charge on any atom is -0.382 e. The number of nitrogen functional groups attached to an aromatic ring is 1. The Morgan fingerprint density at radius 1 is 1.27 bits per heavy atom. The van der Waals surface area contributed by atoms with Gasteiger partial charge >= 0.3 is 6.03 Å². The molecular formula is C19H30N6O. The molecule has 1 saturated carbocycles. The number of amides is 2. The average Bonchev–Trinajstić information content (AvgIpc) is 3.05. The van der Waals surface area contributed by atoms with Gasteiger partial charge < -0.3 is 20.9 Å². The van der Waals surface area contributed by atoms with Gasteiger partial charge in [0, 0.05) is 24.8 Å². The molecule has 3 rings (SSSR count). The van der Waals surface area contributed by atoms with Gasteiger partial charge in [0.15, 0.2) is 5.82 Å². The summed E-state index contributed by atoms with van der Waals surface area (Å²) in [5.41, 5.74) is 9.89. The molecular weight excluding hydrogens is 328 g/mol. The highest BCUT2D eigenvalue weighted by Gasteiger charge is 2.15. The standard InChI is InChI=1S/C19H30N6O/c1-13-14(2)23-18(20)16-17(13)25(12-22-16)11-7-6-10-21-19(26)24-15-8-4-3-5-9-15/h12,15H,3-11H2,1-2H3,(H2,20,23)(H2,21,24,26). The number of pyridine rings is 1. The lowest BCUT2D eigenvalue weighted by atomic mass is 9.96. The van der Waals surface area contributed by atoms with E-state index < -0.39 is 0 Å². The quantitative estimate of drug-likeness (QED) is 0.691. The van der Waals surface area contributed by atoms with Crippen LogP contribution in [0.1, 0.15) is 56.2 Å². The molecule has 0 unspecified atom stereocenters. The molecule has 0 aromatic carbocycles. The molecule has 142 valence electrons. The molecule has 1 aliphatic carbocycles. The van der Waals surface area contributed by atoms with Crippen LogP contribution in [0.15, 0.2) is 6.33 Å². The zero-order chi connectivity index (χ0) is 18.5. The molecule has 1 aliphatic rings. The Kier molecular flexibility index (Phi) is 5.96. The van der Waals surface area contributed by atoms with E-state index in [4.69, 9.17) is 5.73 Å². The van der Waals surface area contributed by atoms with Gasteiger partial charge in [0.05, 0.1) is 11.8 Å². The Labute approximate surface area is 154 Å². The zero-order valence-corrected chi connectivity index (χ0v) is 15.8. The normalized spacial score (nSPS) is 15.3. The second kappa shape index (κ2) is 8.38. The first-order valence-electron chi connectivity index (χ1n) is 9.68. The number of nitrogens with one attached hydrogen (secondary N) is 2. The highest BCUT2D eigenvalue weighted by Crippen LogP contribution is 2.24. The van der Waals surface area contributed by atoms with E-state index in [-0.39, 0.29) is 6.03 Å². The molecule has 0 atom stereocenters. The van der Waals surface area contributed by atoms with Crippen molar-refractivity contribution < 1.29 is 4.79 Å². The van der Waals surface area contributed by atoms with Crippen LogP contribution in [0.25, 0.3) is 11.0 Å². The van der Waals surface area contributed by atoms with Crippen LogP contribution in [0.4, 0.5) is 10.6 Å². The van der Waals surface area contributed by atoms with Gasteiger partial charge in [-0.3, -0.25) is 0 Å². The van der Waals surface area contributed by atoms with Crippen LogP contribution < -0.4 is 16.4 Å². The maximum absolute atomic E-state index is 11.9. The number of aromatic nitrogens is 3. The number of imidazole rings is 1. The fourth-order valence-corrected chi connectivity index (χ4v) is 3.71. The van der Waals surface area contributed by atoms with Gasteiger partial charge in [-0.2, -0.15) is 0 Å². The summed E-state index contributed by atoms with van der Waals surface area (Å²) in [6.45, 7) is 5.57. The molecule has 2 heterocycles. The van der Waals surface area contributed by atoms with Crippen molar-refractivity contribution in [1.82, 2.24) is 25.2 Å². The predicted molar refractivity (Wildman–Crippen MR) is 104 cm³/mol. The smallest absolute Gasteiger partial charge is 0.315 e. The number of aryl methyl sites for hydroxylation is 3. The number of hydrogen-bond donors (Lipinski definition) is 3. The van der Waals surface area contributed by atoms with E-state index in [1.54, 1.807) is 0 Å². The Morgan fingerprint density at radius 2 is 2.04 bits per heavy atom. The minimum atomic E-state index is -0.0321. The number of fused-ring (bicyclic) bond motifs is 1. The van der Waals surface area contributed by atoms with E-state index >= 15 is 0 Å². The summed E-state index contributed by atoms with van der Waals surface area (Å²) in [6, 6.07) is 0.321. The van der Waals surface area contributed by atoms with Gasteiger partial charge in [-0.25, -0.2) is 14.8 Å². The Balaban J connectivity index is 1.44. The van der Waals surface area contributed by atoms with Crippen molar-refractivity contribution in [2.24, 2.45) is 0 Å². The Morgan fingerprint density at radius 3 is 2.81 bits per heavy atom. The lowest BCUT2D eigenvalue weighted by Crippen LogP contribution is -2.43. The van der Waals surface area contributed by atoms with Crippen LogP contribution in [-0.4, -0.2) is 33.2 Å². The zero-order valence-electron chi connectivity index (χ0n) is 15.8. The average molecular weight is 358 g/mol. The van der Waals surface area contributed by atoms with E-state index in [0.717, 1.165) is 54.5 Å². The van der Waals surface area contributed by atoms with Gasteiger partial charge in [-0.05, 0) is 45.1 Å². The molecule has 4 N–H and O–H groups in total. The Hall–Kier alpha value is -2.31. The van der Waals surface area contributed by atoms with E-state index in [2.05, 4.69) is 32.1 Å². The number of hydrogen-bond acceptors (Lipinski definition) is 4. The summed E-state index contributed by atoms with van der Waals surface area (Å²) < 4.78 is 2.14. The molecule has 2 aromatic heterocycles. The van der Waals surface area contributed by atoms with E-state index in [0.29, 0.717) is 18.4 Å². The van der Waals surface area contributed by atoms with Gasteiger partial charge in [-0.15, -0.1) is 0 Å². The fourth-order valence-electron chi connectivity index (χ4n) is 3.71. The highest BCUT2D eigenvalue weighted by atomic mass is 16.2. The molecule has 2 aromatic rings. The highest BCUT2D eigenvalue weighted by molar-refractivity contribution is 5.88. The molecule has 0 spiro atoms. The molecule has 7 heteroatoms. The van der Waals surface area contributed by atoms with Crippen LogP contribution in [0.3, 0.4) is 0 Å². The van der Waals surface area contributed by atoms with E-state index in [1.807, 2.05) is 13.3 Å². The van der Waals surface area contributed by atoms with Crippen LogP contribution in [0.5, 0.6) is 0 Å². The van der Waals surface area contributed by atoms with Crippen molar-refractivity contribution in [3.63, 3.8) is 0 Å². The molecule has 0 saturated heterocycles. The van der Waals surface area contributed by atoms with Crippen LogP contribution in [0.2, 0.25) is 0 Å². The number of urea groups is 1. The molecule has 7 nitrogen and oxygen atoms in total. The maximum Gasteiger partial charge on any atom is 0.315 e. The third-order valence-corrected chi connectivity index (χ3v) is 5.32. The summed E-state index contributed by atoms with van der Waals surface area (Å²) >= 11 is 0. The number of carbonyl (C=O) groups is 1. The summed E-state index contributed by atoms with van der Waals surface area (Å²) in [6.07, 6.45) is 9.69. The van der Waals surface area contributed by atoms with E-state index in [1.165, 1.54) is 19.3 Å². The van der Waals surface area contributed by atoms with Gasteiger partial charge in [0.2, 0.25) is 0 Å². The van der Waals surface area contributed by atoms with Crippen molar-refractivity contribution in [2.75, 3.05) is 12.3 Å². The topological polar surface area (TPSA) is 97.9 Å². The van der Waals surface area contributed by atoms with E-state index in [9.17, 15) is 4.79 Å². The first-order chi connectivity index (χ1) is 12.6. The van der Waals surface area contributed by atoms with Crippen molar-refractivity contribution in [1.29, 1.82) is 0 Å². The molecule has 2 amide bonds. The monoisotopic (exact) mass is 358 g/mol. The van der Waals surface area contributed by atoms with Crippen molar-refractivity contribution >= 4 is 22.9 Å². The largest absolute Gasteiger partial charge is 0.382 e. The van der Waals surface area contributed by atoms with Crippen LogP contribution in [0, 0.1) is 13.8 Å². The number of anilines is 1. The molecule has 0 bridgehead atoms. The number of rotatable bonds is 6. The molecule has 1 fully saturated rings. The molecule has 0 radical (unpaired) electrons. The third kappa shape index (κ3) is 4.26. The first-order valence-corrected chi connectivity index (χ1v) is 9.68. The Bertz CT molecular complexity index is 763. The SMILES string of the molecule is Cc1nc(N)c2ncn(CCCCNC(=O)NC3CCCCC3)c2c1C. The summed E-state index contributed by atoms with van der Waals surface area (Å²) in [7, 11) is 0. The van der Waals surface area contributed by atoms with Crippen LogP contribution in [-0.2, 0) is 6.54 Å². The lowest BCUT2D eigenvalue weighted by Gasteiger charge is -2.22. The van der Waals surface area contributed by atoms with Crippen molar-refractivity contribution in [3.05, 3.63) is 17.6 Å². The van der Waals surface area contributed by atoms with Gasteiger partial charge in [0.1, 0.15) is 5.52 Å². The number of nitrogens with two attached hydrogens (primary N) is 1. The first kappa shape index (κ1) is 18.5. The molecule has 26 heavy (non-hydrogen) atoms. The summed E-state index contributed by atoms with van der Waals surface area (Å²) in [4.78, 5) is 20.7. The summed E-state index contributed by atoms with van der Waals surface area (Å²) in [5, 5.41) is 6.05. The van der Waals surface area contributed by atoms with Gasteiger partial charge in [-0.1, -0.05) is 19.3 Å². The number of nitrogens with zero attached hydrogens (tertiary/aromatic N) is 3.